The molecule has 2 amide bonds. The Kier molecular flexibility index (Phi) is 5.97. The van der Waals surface area contributed by atoms with E-state index in [1.54, 1.807) is 17.8 Å². The zero-order valence-electron chi connectivity index (χ0n) is 16.7. The predicted octanol–water partition coefficient (Wildman–Crippen LogP) is 6.10. The summed E-state index contributed by atoms with van der Waals surface area (Å²) in [5, 5.41) is 2.84. The van der Waals surface area contributed by atoms with Gasteiger partial charge < -0.3 is 5.32 Å². The summed E-state index contributed by atoms with van der Waals surface area (Å²) in [5.74, 6) is 0.351. The molecule has 1 fully saturated rings. The third kappa shape index (κ3) is 4.30. The van der Waals surface area contributed by atoms with Crippen LogP contribution in [0.15, 0.2) is 71.2 Å². The predicted molar refractivity (Wildman–Crippen MR) is 127 cm³/mol. The highest BCUT2D eigenvalue weighted by molar-refractivity contribution is 9.10. The SMILES string of the molecule is Cc1cc(C)cc(N2C(=O)CS[C@H]2c2cccc(NC(=O)c3ccccc3Br)c2)c1. The summed E-state index contributed by atoms with van der Waals surface area (Å²) in [7, 11) is 0. The fourth-order valence-corrected chi connectivity index (χ4v) is 5.29. The summed E-state index contributed by atoms with van der Waals surface area (Å²) in [6, 6.07) is 21.2. The number of thioether (sulfide) groups is 1. The number of hydrogen-bond acceptors (Lipinski definition) is 3. The molecule has 0 aliphatic carbocycles. The molecule has 152 valence electrons. The van der Waals surface area contributed by atoms with Crippen LogP contribution in [0.5, 0.6) is 0 Å². The van der Waals surface area contributed by atoms with Crippen LogP contribution in [-0.2, 0) is 4.79 Å². The van der Waals surface area contributed by atoms with E-state index >= 15 is 0 Å². The van der Waals surface area contributed by atoms with E-state index in [4.69, 9.17) is 0 Å². The van der Waals surface area contributed by atoms with Crippen LogP contribution in [0.4, 0.5) is 11.4 Å². The molecule has 1 saturated heterocycles. The molecule has 0 bridgehead atoms. The van der Waals surface area contributed by atoms with Crippen LogP contribution < -0.4 is 10.2 Å². The number of carbonyl (C=O) groups excluding carboxylic acids is 2. The van der Waals surface area contributed by atoms with E-state index in [2.05, 4.69) is 27.3 Å². The molecular weight excluding hydrogens is 460 g/mol. The molecule has 1 aliphatic rings. The van der Waals surface area contributed by atoms with Crippen LogP contribution in [0.25, 0.3) is 0 Å². The maximum atomic E-state index is 12.7. The number of carbonyl (C=O) groups is 2. The third-order valence-electron chi connectivity index (χ3n) is 4.90. The molecule has 1 aliphatic heterocycles. The lowest BCUT2D eigenvalue weighted by Gasteiger charge is -2.25. The molecule has 4 nitrogen and oxygen atoms in total. The van der Waals surface area contributed by atoms with Crippen molar-refractivity contribution in [3.63, 3.8) is 0 Å². The van der Waals surface area contributed by atoms with Gasteiger partial charge in [-0.3, -0.25) is 14.5 Å². The second-order valence-corrected chi connectivity index (χ2v) is 9.26. The average Bonchev–Trinajstić information content (AvgIpc) is 3.09. The first kappa shape index (κ1) is 20.7. The van der Waals surface area contributed by atoms with E-state index in [0.717, 1.165) is 26.9 Å². The van der Waals surface area contributed by atoms with Crippen LogP contribution in [0, 0.1) is 13.8 Å². The number of rotatable bonds is 4. The lowest BCUT2D eigenvalue weighted by molar-refractivity contribution is -0.115. The minimum Gasteiger partial charge on any atom is -0.322 e. The normalized spacial score (nSPS) is 16.0. The van der Waals surface area contributed by atoms with E-state index < -0.39 is 0 Å². The summed E-state index contributed by atoms with van der Waals surface area (Å²) in [6.07, 6.45) is 0. The third-order valence-corrected chi connectivity index (χ3v) is 6.80. The number of aryl methyl sites for hydroxylation is 2. The largest absolute Gasteiger partial charge is 0.322 e. The molecule has 0 aromatic heterocycles. The van der Waals surface area contributed by atoms with Crippen LogP contribution >= 0.6 is 27.7 Å². The Morgan fingerprint density at radius 2 is 1.77 bits per heavy atom. The Morgan fingerprint density at radius 1 is 1.03 bits per heavy atom. The summed E-state index contributed by atoms with van der Waals surface area (Å²) in [4.78, 5) is 27.2. The fraction of sp³-hybridized carbons (Fsp3) is 0.167. The van der Waals surface area contributed by atoms with Crippen LogP contribution in [0.2, 0.25) is 0 Å². The Hall–Kier alpha value is -2.57. The number of amides is 2. The van der Waals surface area contributed by atoms with Crippen molar-refractivity contribution >= 4 is 50.9 Å². The van der Waals surface area contributed by atoms with Crippen molar-refractivity contribution in [1.82, 2.24) is 0 Å². The van der Waals surface area contributed by atoms with Crippen LogP contribution in [-0.4, -0.2) is 17.6 Å². The van der Waals surface area contributed by atoms with Crippen LogP contribution in [0.1, 0.15) is 32.4 Å². The number of anilines is 2. The van der Waals surface area contributed by atoms with Gasteiger partial charge in [0.2, 0.25) is 5.91 Å². The van der Waals surface area contributed by atoms with Gasteiger partial charge in [-0.25, -0.2) is 0 Å². The van der Waals surface area contributed by atoms with Gasteiger partial charge in [-0.05, 0) is 82.9 Å². The molecule has 4 rings (SSSR count). The number of nitrogens with zero attached hydrogens (tertiary/aromatic N) is 1. The second-order valence-electron chi connectivity index (χ2n) is 7.33. The van der Waals surface area contributed by atoms with Gasteiger partial charge in [-0.15, -0.1) is 11.8 Å². The Labute approximate surface area is 188 Å². The summed E-state index contributed by atoms with van der Waals surface area (Å²) in [5.41, 5.74) is 5.43. The molecule has 1 N–H and O–H groups in total. The van der Waals surface area contributed by atoms with Crippen molar-refractivity contribution in [3.8, 4) is 0 Å². The number of nitrogens with one attached hydrogen (secondary N) is 1. The molecule has 1 atom stereocenters. The highest BCUT2D eigenvalue weighted by Crippen LogP contribution is 2.42. The molecule has 6 heteroatoms. The second kappa shape index (κ2) is 8.66. The smallest absolute Gasteiger partial charge is 0.256 e. The summed E-state index contributed by atoms with van der Waals surface area (Å²) < 4.78 is 0.747. The lowest BCUT2D eigenvalue weighted by atomic mass is 10.1. The Bertz CT molecular complexity index is 1110. The molecular formula is C24H21BrN2O2S. The minimum absolute atomic E-state index is 0.0951. The maximum Gasteiger partial charge on any atom is 0.256 e. The standard InChI is InChI=1S/C24H21BrN2O2S/c1-15-10-16(2)12-19(11-15)27-22(28)14-30-24(27)17-6-5-7-18(13-17)26-23(29)20-8-3-4-9-21(20)25/h3-13,24H,14H2,1-2H3,(H,26,29)/t24-/m0/s1. The average molecular weight is 481 g/mol. The zero-order chi connectivity index (χ0) is 21.3. The van der Waals surface area contributed by atoms with Crippen molar-refractivity contribution in [1.29, 1.82) is 0 Å². The fourth-order valence-electron chi connectivity index (χ4n) is 3.65. The van der Waals surface area contributed by atoms with Crippen molar-refractivity contribution in [3.05, 3.63) is 93.5 Å². The van der Waals surface area contributed by atoms with Gasteiger partial charge in [0.25, 0.3) is 5.91 Å². The quantitative estimate of drug-likeness (QED) is 0.490. The highest BCUT2D eigenvalue weighted by atomic mass is 79.9. The summed E-state index contributed by atoms with van der Waals surface area (Å²) >= 11 is 5.02. The molecule has 3 aromatic carbocycles. The zero-order valence-corrected chi connectivity index (χ0v) is 19.1. The van der Waals surface area contributed by atoms with Gasteiger partial charge in [0.1, 0.15) is 5.37 Å². The lowest BCUT2D eigenvalue weighted by Crippen LogP contribution is -2.28. The van der Waals surface area contributed by atoms with Gasteiger partial charge in [-0.1, -0.05) is 30.3 Å². The molecule has 0 saturated carbocycles. The van der Waals surface area contributed by atoms with Gasteiger partial charge in [-0.2, -0.15) is 0 Å². The number of benzene rings is 3. The van der Waals surface area contributed by atoms with Crippen molar-refractivity contribution in [2.24, 2.45) is 0 Å². The minimum atomic E-state index is -0.180. The van der Waals surface area contributed by atoms with E-state index in [-0.39, 0.29) is 17.2 Å². The van der Waals surface area contributed by atoms with Gasteiger partial charge in [0, 0.05) is 15.8 Å². The first-order valence-electron chi connectivity index (χ1n) is 9.60. The number of halogens is 1. The van der Waals surface area contributed by atoms with Crippen molar-refractivity contribution < 1.29 is 9.59 Å². The van der Waals surface area contributed by atoms with E-state index in [1.165, 1.54) is 0 Å². The van der Waals surface area contributed by atoms with E-state index in [0.29, 0.717) is 17.0 Å². The summed E-state index contributed by atoms with van der Waals surface area (Å²) in [6.45, 7) is 4.08. The molecule has 3 aromatic rings. The van der Waals surface area contributed by atoms with Gasteiger partial charge in [0.05, 0.1) is 11.3 Å². The molecule has 0 spiro atoms. The molecule has 0 unspecified atom stereocenters. The first-order valence-corrected chi connectivity index (χ1v) is 11.4. The van der Waals surface area contributed by atoms with E-state index in [1.807, 2.05) is 73.3 Å². The highest BCUT2D eigenvalue weighted by Gasteiger charge is 2.34. The molecule has 1 heterocycles. The van der Waals surface area contributed by atoms with Crippen molar-refractivity contribution in [2.75, 3.05) is 16.0 Å². The Morgan fingerprint density at radius 3 is 2.50 bits per heavy atom. The monoisotopic (exact) mass is 480 g/mol. The molecule has 30 heavy (non-hydrogen) atoms. The Balaban J connectivity index is 1.62. The van der Waals surface area contributed by atoms with Crippen molar-refractivity contribution in [2.45, 2.75) is 19.2 Å². The van der Waals surface area contributed by atoms with E-state index in [9.17, 15) is 9.59 Å². The topological polar surface area (TPSA) is 49.4 Å². The van der Waals surface area contributed by atoms with Crippen LogP contribution in [0.3, 0.4) is 0 Å². The molecule has 0 radical (unpaired) electrons. The first-order chi connectivity index (χ1) is 14.4. The van der Waals surface area contributed by atoms with Gasteiger partial charge >= 0.3 is 0 Å². The number of hydrogen-bond donors (Lipinski definition) is 1. The maximum absolute atomic E-state index is 12.7. The van der Waals surface area contributed by atoms with Gasteiger partial charge in [0.15, 0.2) is 0 Å².